The van der Waals surface area contributed by atoms with E-state index in [1.807, 2.05) is 49.7 Å². The van der Waals surface area contributed by atoms with Crippen molar-refractivity contribution in [1.82, 2.24) is 19.7 Å². The Morgan fingerprint density at radius 2 is 1.96 bits per heavy atom. The summed E-state index contributed by atoms with van der Waals surface area (Å²) >= 11 is 0. The van der Waals surface area contributed by atoms with E-state index in [0.717, 1.165) is 16.7 Å². The molecule has 0 bridgehead atoms. The van der Waals surface area contributed by atoms with Gasteiger partial charge in [0, 0.05) is 5.69 Å². The lowest BCUT2D eigenvalue weighted by atomic mass is 10.0. The van der Waals surface area contributed by atoms with Crippen LogP contribution in [-0.4, -0.2) is 25.5 Å². The maximum absolute atomic E-state index is 13.0. The second-order valence-electron chi connectivity index (χ2n) is 7.76. The first-order chi connectivity index (χ1) is 12.2. The third kappa shape index (κ3) is 3.13. The van der Waals surface area contributed by atoms with Gasteiger partial charge in [0.1, 0.15) is 11.5 Å². The van der Waals surface area contributed by atoms with Crippen molar-refractivity contribution in [2.75, 3.05) is 0 Å². The molecule has 0 saturated heterocycles. The minimum atomic E-state index is -1.01. The van der Waals surface area contributed by atoms with Gasteiger partial charge in [0.2, 0.25) is 5.78 Å². The molecule has 26 heavy (non-hydrogen) atoms. The maximum Gasteiger partial charge on any atom is 0.207 e. The molecular formula is C20H23N5O. The molecular weight excluding hydrogens is 326 g/mol. The van der Waals surface area contributed by atoms with Gasteiger partial charge in [-0.05, 0) is 44.9 Å². The van der Waals surface area contributed by atoms with Crippen molar-refractivity contribution in [1.29, 1.82) is 5.26 Å². The molecule has 0 spiro atoms. The van der Waals surface area contributed by atoms with E-state index >= 15 is 0 Å². The number of rotatable bonds is 4. The van der Waals surface area contributed by atoms with E-state index in [0.29, 0.717) is 11.5 Å². The molecule has 2 aromatic heterocycles. The zero-order valence-electron chi connectivity index (χ0n) is 15.7. The summed E-state index contributed by atoms with van der Waals surface area (Å²) in [5.41, 5.74) is 2.56. The van der Waals surface area contributed by atoms with Crippen LogP contribution in [0.2, 0.25) is 0 Å². The first-order valence-electron chi connectivity index (χ1n) is 8.71. The largest absolute Gasteiger partial charge is 0.340 e. The van der Waals surface area contributed by atoms with Crippen LogP contribution in [0.5, 0.6) is 0 Å². The van der Waals surface area contributed by atoms with Crippen molar-refractivity contribution in [3.05, 3.63) is 47.5 Å². The van der Waals surface area contributed by atoms with Crippen LogP contribution in [0.15, 0.2) is 30.3 Å². The molecule has 6 nitrogen and oxygen atoms in total. The second kappa shape index (κ2) is 6.41. The summed E-state index contributed by atoms with van der Waals surface area (Å²) in [6.45, 7) is 10.3. The Kier molecular flexibility index (Phi) is 4.41. The molecule has 0 fully saturated rings. The fourth-order valence-electron chi connectivity index (χ4n) is 2.97. The standard InChI is InChI=1S/C20H23N5O/c1-12(2)17-10-16(24-25(17)20(3,4)5)18(26)13(11-21)19-22-14-8-6-7-9-15(14)23-19/h6-10,12-13H,1-5H3,(H,22,23)/t13-/m1/s1. The van der Waals surface area contributed by atoms with E-state index in [9.17, 15) is 10.1 Å². The highest BCUT2D eigenvalue weighted by Crippen LogP contribution is 2.26. The zero-order chi connectivity index (χ0) is 19.1. The number of imidazole rings is 1. The third-order valence-corrected chi connectivity index (χ3v) is 4.29. The van der Waals surface area contributed by atoms with E-state index in [-0.39, 0.29) is 17.2 Å². The summed E-state index contributed by atoms with van der Waals surface area (Å²) in [7, 11) is 0. The molecule has 3 aromatic rings. The molecule has 0 aliphatic heterocycles. The van der Waals surface area contributed by atoms with Crippen LogP contribution in [-0.2, 0) is 5.54 Å². The van der Waals surface area contributed by atoms with E-state index in [4.69, 9.17) is 0 Å². The number of hydrogen-bond donors (Lipinski definition) is 1. The van der Waals surface area contributed by atoms with Gasteiger partial charge in [-0.2, -0.15) is 10.4 Å². The number of carbonyl (C=O) groups is 1. The number of carbonyl (C=O) groups excluding carboxylic acids is 1. The molecule has 0 radical (unpaired) electrons. The normalized spacial score (nSPS) is 13.1. The van der Waals surface area contributed by atoms with E-state index in [2.05, 4.69) is 35.0 Å². The Morgan fingerprint density at radius 3 is 2.50 bits per heavy atom. The maximum atomic E-state index is 13.0. The average molecular weight is 349 g/mol. The van der Waals surface area contributed by atoms with Gasteiger partial charge in [-0.1, -0.05) is 26.0 Å². The van der Waals surface area contributed by atoms with Gasteiger partial charge in [0.25, 0.3) is 0 Å². The van der Waals surface area contributed by atoms with Crippen molar-refractivity contribution in [2.24, 2.45) is 0 Å². The Labute approximate surface area is 152 Å². The lowest BCUT2D eigenvalue weighted by molar-refractivity contribution is 0.0970. The van der Waals surface area contributed by atoms with Crippen LogP contribution in [0.4, 0.5) is 0 Å². The van der Waals surface area contributed by atoms with Gasteiger partial charge in [-0.3, -0.25) is 9.48 Å². The van der Waals surface area contributed by atoms with Crippen LogP contribution >= 0.6 is 0 Å². The number of H-pyrrole nitrogens is 1. The van der Waals surface area contributed by atoms with Crippen molar-refractivity contribution in [3.8, 4) is 6.07 Å². The van der Waals surface area contributed by atoms with Crippen LogP contribution in [0, 0.1) is 11.3 Å². The molecule has 1 N–H and O–H groups in total. The van der Waals surface area contributed by atoms with Crippen molar-refractivity contribution in [2.45, 2.75) is 52.0 Å². The molecule has 1 atom stereocenters. The SMILES string of the molecule is CC(C)c1cc(C(=O)[C@@H](C#N)c2nc3ccccc3[nH]2)nn1C(C)(C)C. The van der Waals surface area contributed by atoms with Crippen LogP contribution in [0.1, 0.15) is 68.5 Å². The summed E-state index contributed by atoms with van der Waals surface area (Å²) in [6.07, 6.45) is 0. The number of Topliss-reactive ketones (excluding diaryl/α,β-unsaturated/α-hetero) is 1. The van der Waals surface area contributed by atoms with E-state index in [1.165, 1.54) is 0 Å². The van der Waals surface area contributed by atoms with Gasteiger partial charge in [0.05, 0.1) is 22.6 Å². The number of fused-ring (bicyclic) bond motifs is 1. The highest BCUT2D eigenvalue weighted by molar-refractivity contribution is 6.01. The molecule has 0 amide bonds. The molecule has 134 valence electrons. The minimum absolute atomic E-state index is 0.218. The summed E-state index contributed by atoms with van der Waals surface area (Å²) in [4.78, 5) is 20.5. The summed E-state index contributed by atoms with van der Waals surface area (Å²) in [5.74, 6) is -0.771. The minimum Gasteiger partial charge on any atom is -0.340 e. The Hall–Kier alpha value is -2.94. The smallest absolute Gasteiger partial charge is 0.207 e. The number of nitrogens with one attached hydrogen (secondary N) is 1. The van der Waals surface area contributed by atoms with Gasteiger partial charge >= 0.3 is 0 Å². The summed E-state index contributed by atoms with van der Waals surface area (Å²) in [6, 6.07) is 11.3. The molecule has 0 saturated carbocycles. The highest BCUT2D eigenvalue weighted by atomic mass is 16.1. The molecule has 0 unspecified atom stereocenters. The monoisotopic (exact) mass is 349 g/mol. The van der Waals surface area contributed by atoms with Crippen LogP contribution < -0.4 is 0 Å². The van der Waals surface area contributed by atoms with Gasteiger partial charge in [-0.25, -0.2) is 4.98 Å². The number of nitrogens with zero attached hydrogens (tertiary/aromatic N) is 4. The first kappa shape index (κ1) is 17.9. The molecule has 6 heteroatoms. The second-order valence-corrected chi connectivity index (χ2v) is 7.76. The van der Waals surface area contributed by atoms with Gasteiger partial charge in [0.15, 0.2) is 5.92 Å². The van der Waals surface area contributed by atoms with Crippen molar-refractivity contribution in [3.63, 3.8) is 0 Å². The van der Waals surface area contributed by atoms with Crippen molar-refractivity contribution < 1.29 is 4.79 Å². The quantitative estimate of drug-likeness (QED) is 0.717. The van der Waals surface area contributed by atoms with E-state index < -0.39 is 5.92 Å². The Morgan fingerprint density at radius 1 is 1.27 bits per heavy atom. The first-order valence-corrected chi connectivity index (χ1v) is 8.71. The zero-order valence-corrected chi connectivity index (χ0v) is 15.7. The van der Waals surface area contributed by atoms with Crippen LogP contribution in [0.3, 0.4) is 0 Å². The lowest BCUT2D eigenvalue weighted by Gasteiger charge is -2.23. The third-order valence-electron chi connectivity index (χ3n) is 4.29. The van der Waals surface area contributed by atoms with Crippen LogP contribution in [0.25, 0.3) is 11.0 Å². The predicted molar refractivity (Wildman–Crippen MR) is 100 cm³/mol. The molecule has 0 aliphatic carbocycles. The van der Waals surface area contributed by atoms with Crippen molar-refractivity contribution >= 4 is 16.8 Å². The molecule has 2 heterocycles. The number of ketones is 1. The van der Waals surface area contributed by atoms with Gasteiger partial charge < -0.3 is 4.98 Å². The van der Waals surface area contributed by atoms with Gasteiger partial charge in [-0.15, -0.1) is 0 Å². The fourth-order valence-corrected chi connectivity index (χ4v) is 2.97. The number of nitriles is 1. The average Bonchev–Trinajstić information content (AvgIpc) is 3.19. The highest BCUT2D eigenvalue weighted by Gasteiger charge is 2.30. The number of aromatic nitrogens is 4. The summed E-state index contributed by atoms with van der Waals surface area (Å²) in [5, 5.41) is 14.1. The Bertz CT molecular complexity index is 964. The predicted octanol–water partition coefficient (Wildman–Crippen LogP) is 4.13. The molecule has 0 aliphatic rings. The lowest BCUT2D eigenvalue weighted by Crippen LogP contribution is -2.26. The topological polar surface area (TPSA) is 87.4 Å². The number of para-hydroxylation sites is 2. The fraction of sp³-hybridized carbons (Fsp3) is 0.400. The molecule has 1 aromatic carbocycles. The molecule has 3 rings (SSSR count). The Balaban J connectivity index is 2.03. The summed E-state index contributed by atoms with van der Waals surface area (Å²) < 4.78 is 1.87. The number of benzene rings is 1. The van der Waals surface area contributed by atoms with E-state index in [1.54, 1.807) is 6.07 Å². The number of hydrogen-bond acceptors (Lipinski definition) is 4. The number of aromatic amines is 1.